The summed E-state index contributed by atoms with van der Waals surface area (Å²) in [7, 11) is 0. The quantitative estimate of drug-likeness (QED) is 0.571. The van der Waals surface area contributed by atoms with Gasteiger partial charge in [0.1, 0.15) is 6.10 Å². The highest BCUT2D eigenvalue weighted by molar-refractivity contribution is 4.97. The first-order valence-corrected chi connectivity index (χ1v) is 5.15. The van der Waals surface area contributed by atoms with E-state index in [4.69, 9.17) is 5.11 Å². The molecule has 2 rings (SSSR count). The zero-order chi connectivity index (χ0) is 11.7. The second-order valence-corrected chi connectivity index (χ2v) is 4.04. The Morgan fingerprint density at radius 2 is 2.19 bits per heavy atom. The lowest BCUT2D eigenvalue weighted by Gasteiger charge is -2.18. The van der Waals surface area contributed by atoms with Crippen LogP contribution in [0.3, 0.4) is 0 Å². The molecule has 0 unspecified atom stereocenters. The van der Waals surface area contributed by atoms with Gasteiger partial charge in [-0.25, -0.2) is 9.78 Å². The lowest BCUT2D eigenvalue weighted by molar-refractivity contribution is -0.00454. The van der Waals surface area contributed by atoms with Crippen molar-refractivity contribution in [3.8, 4) is 0 Å². The molecule has 1 aromatic rings. The normalized spacial score (nSPS) is 34.2. The molecular weight excluding hydrogens is 212 g/mol. The predicted octanol–water partition coefficient (Wildman–Crippen LogP) is -1.48. The van der Waals surface area contributed by atoms with Crippen LogP contribution in [-0.2, 0) is 0 Å². The molecule has 0 bridgehead atoms. The van der Waals surface area contributed by atoms with Gasteiger partial charge in [-0.3, -0.25) is 4.57 Å². The molecule has 1 fully saturated rings. The van der Waals surface area contributed by atoms with E-state index in [9.17, 15) is 15.0 Å². The minimum Gasteiger partial charge on any atom is -0.396 e. The second kappa shape index (κ2) is 4.32. The average molecular weight is 226 g/mol. The zero-order valence-corrected chi connectivity index (χ0v) is 8.60. The number of aliphatic hydroxyl groups is 3. The van der Waals surface area contributed by atoms with E-state index in [1.807, 2.05) is 0 Å². The molecule has 1 aliphatic rings. The van der Waals surface area contributed by atoms with Gasteiger partial charge in [-0.2, -0.15) is 0 Å². The van der Waals surface area contributed by atoms with Crippen LogP contribution in [0.2, 0.25) is 0 Å². The zero-order valence-electron chi connectivity index (χ0n) is 8.60. The fourth-order valence-electron chi connectivity index (χ4n) is 2.18. The van der Waals surface area contributed by atoms with Crippen molar-refractivity contribution in [3.05, 3.63) is 28.9 Å². The minimum absolute atomic E-state index is 0.205. The van der Waals surface area contributed by atoms with Crippen LogP contribution in [0, 0.1) is 5.92 Å². The van der Waals surface area contributed by atoms with E-state index in [2.05, 4.69) is 4.98 Å². The highest BCUT2D eigenvalue weighted by Crippen LogP contribution is 2.33. The van der Waals surface area contributed by atoms with Gasteiger partial charge in [-0.05, 0) is 12.5 Å². The molecule has 0 aliphatic heterocycles. The van der Waals surface area contributed by atoms with Gasteiger partial charge in [0.25, 0.3) is 0 Å². The van der Waals surface area contributed by atoms with Crippen molar-refractivity contribution in [2.75, 3.05) is 6.61 Å². The lowest BCUT2D eigenvalue weighted by Crippen LogP contribution is -2.34. The molecule has 0 radical (unpaired) electrons. The number of rotatable bonds is 2. The molecule has 16 heavy (non-hydrogen) atoms. The van der Waals surface area contributed by atoms with Gasteiger partial charge >= 0.3 is 5.69 Å². The van der Waals surface area contributed by atoms with E-state index in [0.29, 0.717) is 6.42 Å². The molecular formula is C10H14N2O4. The molecule has 0 spiro atoms. The summed E-state index contributed by atoms with van der Waals surface area (Å²) >= 11 is 0. The van der Waals surface area contributed by atoms with Crippen LogP contribution in [0.25, 0.3) is 0 Å². The summed E-state index contributed by atoms with van der Waals surface area (Å²) in [6.45, 7) is -0.205. The molecule has 1 aliphatic carbocycles. The third kappa shape index (κ3) is 1.75. The van der Waals surface area contributed by atoms with E-state index in [1.54, 1.807) is 6.07 Å². The van der Waals surface area contributed by atoms with Crippen molar-refractivity contribution in [3.63, 3.8) is 0 Å². The van der Waals surface area contributed by atoms with Crippen molar-refractivity contribution in [1.29, 1.82) is 0 Å². The molecule has 1 saturated carbocycles. The molecule has 0 saturated heterocycles. The fraction of sp³-hybridized carbons (Fsp3) is 0.600. The summed E-state index contributed by atoms with van der Waals surface area (Å²) in [5.41, 5.74) is -0.461. The van der Waals surface area contributed by atoms with Gasteiger partial charge in [0.05, 0.1) is 12.1 Å². The van der Waals surface area contributed by atoms with Crippen molar-refractivity contribution in [2.24, 2.45) is 5.92 Å². The maximum Gasteiger partial charge on any atom is 0.347 e. The topological polar surface area (TPSA) is 95.6 Å². The van der Waals surface area contributed by atoms with Crippen molar-refractivity contribution in [2.45, 2.75) is 24.7 Å². The summed E-state index contributed by atoms with van der Waals surface area (Å²) in [5.74, 6) is -0.396. The SMILES string of the molecule is O=c1ncccn1[C@@H]1C[C@H](CO)[C@@H](O)[C@H]1O. The van der Waals surface area contributed by atoms with Crippen LogP contribution < -0.4 is 5.69 Å². The summed E-state index contributed by atoms with van der Waals surface area (Å²) < 4.78 is 1.30. The van der Waals surface area contributed by atoms with Crippen LogP contribution in [0.4, 0.5) is 0 Å². The van der Waals surface area contributed by atoms with E-state index in [0.717, 1.165) is 0 Å². The van der Waals surface area contributed by atoms with Gasteiger partial charge in [-0.15, -0.1) is 0 Å². The lowest BCUT2D eigenvalue weighted by atomic mass is 10.1. The maximum atomic E-state index is 11.5. The Labute approximate surface area is 91.8 Å². The molecule has 0 aromatic carbocycles. The van der Waals surface area contributed by atoms with Gasteiger partial charge in [0.15, 0.2) is 0 Å². The Hall–Kier alpha value is -1.24. The third-order valence-corrected chi connectivity index (χ3v) is 3.10. The van der Waals surface area contributed by atoms with Crippen LogP contribution in [0.1, 0.15) is 12.5 Å². The Morgan fingerprint density at radius 3 is 2.75 bits per heavy atom. The maximum absolute atomic E-state index is 11.5. The number of nitrogens with zero attached hydrogens (tertiary/aromatic N) is 2. The van der Waals surface area contributed by atoms with Crippen LogP contribution in [0.15, 0.2) is 23.3 Å². The van der Waals surface area contributed by atoms with E-state index in [-0.39, 0.29) is 6.61 Å². The van der Waals surface area contributed by atoms with E-state index in [1.165, 1.54) is 17.0 Å². The molecule has 0 amide bonds. The molecule has 3 N–H and O–H groups in total. The molecule has 88 valence electrons. The molecule has 6 heteroatoms. The van der Waals surface area contributed by atoms with E-state index >= 15 is 0 Å². The van der Waals surface area contributed by atoms with Gasteiger partial charge in [0.2, 0.25) is 0 Å². The Bertz CT molecular complexity index is 419. The standard InChI is InChI=1S/C10H14N2O4/c13-5-6-4-7(9(15)8(6)14)12-3-1-2-11-10(12)16/h1-3,6-9,13-15H,4-5H2/t6-,7-,8-,9+/m1/s1. The van der Waals surface area contributed by atoms with Crippen molar-refractivity contribution < 1.29 is 15.3 Å². The van der Waals surface area contributed by atoms with Crippen LogP contribution in [-0.4, -0.2) is 43.7 Å². The molecule has 1 heterocycles. The van der Waals surface area contributed by atoms with Gasteiger partial charge in [0, 0.05) is 24.9 Å². The minimum atomic E-state index is -1.04. The summed E-state index contributed by atoms with van der Waals surface area (Å²) in [6.07, 6.45) is 1.22. The van der Waals surface area contributed by atoms with Crippen molar-refractivity contribution in [1.82, 2.24) is 9.55 Å². The number of aliphatic hydroxyl groups excluding tert-OH is 3. The number of hydrogen-bond acceptors (Lipinski definition) is 5. The van der Waals surface area contributed by atoms with Crippen LogP contribution >= 0.6 is 0 Å². The Morgan fingerprint density at radius 1 is 1.44 bits per heavy atom. The fourth-order valence-corrected chi connectivity index (χ4v) is 2.18. The second-order valence-electron chi connectivity index (χ2n) is 4.04. The van der Waals surface area contributed by atoms with Crippen LogP contribution in [0.5, 0.6) is 0 Å². The first-order valence-electron chi connectivity index (χ1n) is 5.15. The first-order chi connectivity index (χ1) is 7.65. The highest BCUT2D eigenvalue weighted by atomic mass is 16.3. The smallest absolute Gasteiger partial charge is 0.347 e. The summed E-state index contributed by atoms with van der Waals surface area (Å²) in [4.78, 5) is 15.0. The molecule has 6 nitrogen and oxygen atoms in total. The average Bonchev–Trinajstić information content (AvgIpc) is 2.57. The largest absolute Gasteiger partial charge is 0.396 e. The molecule has 4 atom stereocenters. The summed E-state index contributed by atoms with van der Waals surface area (Å²) in [6, 6.07) is 1.07. The van der Waals surface area contributed by atoms with Gasteiger partial charge in [-0.1, -0.05) is 0 Å². The number of hydrogen-bond donors (Lipinski definition) is 3. The monoisotopic (exact) mass is 226 g/mol. The Kier molecular flexibility index (Phi) is 3.04. The Balaban J connectivity index is 2.30. The van der Waals surface area contributed by atoms with E-state index < -0.39 is 29.9 Å². The predicted molar refractivity (Wildman–Crippen MR) is 54.7 cm³/mol. The first kappa shape index (κ1) is 11.3. The number of aromatic nitrogens is 2. The molecule has 1 aromatic heterocycles. The summed E-state index contributed by atoms with van der Waals surface area (Å²) in [5, 5.41) is 28.4. The highest BCUT2D eigenvalue weighted by Gasteiger charge is 2.42. The van der Waals surface area contributed by atoms with Gasteiger partial charge < -0.3 is 15.3 Å². The third-order valence-electron chi connectivity index (χ3n) is 3.10. The van der Waals surface area contributed by atoms with Crippen molar-refractivity contribution >= 4 is 0 Å².